The van der Waals surface area contributed by atoms with E-state index in [2.05, 4.69) is 22.0 Å². The third kappa shape index (κ3) is 5.44. The highest BCUT2D eigenvalue weighted by molar-refractivity contribution is 8.18. The molecule has 1 fully saturated rings. The largest absolute Gasteiger partial charge is 0.494 e. The number of aromatic nitrogens is 1. The van der Waals surface area contributed by atoms with E-state index in [1.54, 1.807) is 30.3 Å². The number of hydrogen-bond acceptors (Lipinski definition) is 5. The van der Waals surface area contributed by atoms with Crippen LogP contribution in [0.3, 0.4) is 0 Å². The van der Waals surface area contributed by atoms with E-state index in [1.165, 1.54) is 0 Å². The number of rotatable bonds is 8. The van der Waals surface area contributed by atoms with Crippen LogP contribution in [0.4, 0.5) is 10.5 Å². The van der Waals surface area contributed by atoms with Crippen LogP contribution < -0.4 is 10.1 Å². The Kier molecular flexibility index (Phi) is 7.09. The third-order valence-corrected chi connectivity index (χ3v) is 6.83. The maximum Gasteiger partial charge on any atom is 0.294 e. The Morgan fingerprint density at radius 2 is 1.70 bits per heavy atom. The number of nitrogens with zero attached hydrogens (tertiary/aromatic N) is 2. The summed E-state index contributed by atoms with van der Waals surface area (Å²) >= 11 is 0.847. The van der Waals surface area contributed by atoms with Crippen LogP contribution in [0.25, 0.3) is 17.0 Å². The number of benzene rings is 3. The standard InChI is InChI=1S/C29H25N3O4S/c1-2-36-23-14-12-22(13-15-23)30-27(33)19-32-28(34)26(37-29(32)35)16-21-18-31(17-20-8-4-3-5-9-20)25-11-7-6-10-24(21)25/h3-16,18H,2,17,19H2,1H3,(H,30,33)/b26-16+. The second-order valence-corrected chi connectivity index (χ2v) is 9.48. The minimum atomic E-state index is -0.475. The molecule has 1 N–H and O–H groups in total. The summed E-state index contributed by atoms with van der Waals surface area (Å²) in [5.41, 5.74) is 3.60. The van der Waals surface area contributed by atoms with Gasteiger partial charge in [-0.15, -0.1) is 0 Å². The molecule has 0 saturated carbocycles. The number of ether oxygens (including phenoxy) is 1. The van der Waals surface area contributed by atoms with Crippen LogP contribution in [-0.4, -0.2) is 39.7 Å². The van der Waals surface area contributed by atoms with E-state index >= 15 is 0 Å². The maximum atomic E-state index is 13.1. The van der Waals surface area contributed by atoms with Gasteiger partial charge < -0.3 is 14.6 Å². The second kappa shape index (κ2) is 10.8. The summed E-state index contributed by atoms with van der Waals surface area (Å²) < 4.78 is 7.53. The van der Waals surface area contributed by atoms with Gasteiger partial charge in [0.2, 0.25) is 5.91 Å². The summed E-state index contributed by atoms with van der Waals surface area (Å²) in [5.74, 6) is -0.231. The molecule has 37 heavy (non-hydrogen) atoms. The average Bonchev–Trinajstić information content (AvgIpc) is 3.38. The Bertz CT molecular complexity index is 1490. The lowest BCUT2D eigenvalue weighted by Gasteiger charge is -2.12. The topological polar surface area (TPSA) is 80.6 Å². The molecule has 3 amide bonds. The van der Waals surface area contributed by atoms with Crippen molar-refractivity contribution in [3.8, 4) is 5.75 Å². The summed E-state index contributed by atoms with van der Waals surface area (Å²) in [6.45, 7) is 2.77. The van der Waals surface area contributed by atoms with E-state index in [1.807, 2.05) is 55.6 Å². The van der Waals surface area contributed by atoms with Crippen molar-refractivity contribution >= 4 is 51.5 Å². The van der Waals surface area contributed by atoms with Crippen molar-refractivity contribution in [2.75, 3.05) is 18.5 Å². The first-order valence-corrected chi connectivity index (χ1v) is 12.7. The van der Waals surface area contributed by atoms with Crippen molar-refractivity contribution in [1.82, 2.24) is 9.47 Å². The highest BCUT2D eigenvalue weighted by Crippen LogP contribution is 2.34. The molecule has 0 spiro atoms. The van der Waals surface area contributed by atoms with Crippen molar-refractivity contribution in [3.05, 3.63) is 101 Å². The molecule has 0 radical (unpaired) electrons. The molecule has 1 aliphatic heterocycles. The Labute approximate surface area is 218 Å². The number of carbonyl (C=O) groups is 3. The molecule has 0 atom stereocenters. The van der Waals surface area contributed by atoms with Crippen LogP contribution in [0.2, 0.25) is 0 Å². The molecule has 8 heteroatoms. The predicted octanol–water partition coefficient (Wildman–Crippen LogP) is 5.76. The first kappa shape index (κ1) is 24.4. The Morgan fingerprint density at radius 1 is 0.973 bits per heavy atom. The number of imide groups is 1. The van der Waals surface area contributed by atoms with Crippen molar-refractivity contribution in [1.29, 1.82) is 0 Å². The van der Waals surface area contributed by atoms with Crippen molar-refractivity contribution in [2.24, 2.45) is 0 Å². The molecule has 1 aromatic heterocycles. The van der Waals surface area contributed by atoms with Gasteiger partial charge in [0.1, 0.15) is 12.3 Å². The van der Waals surface area contributed by atoms with E-state index in [0.717, 1.165) is 38.7 Å². The van der Waals surface area contributed by atoms with Gasteiger partial charge in [-0.2, -0.15) is 0 Å². The average molecular weight is 512 g/mol. The molecular formula is C29H25N3O4S. The summed E-state index contributed by atoms with van der Waals surface area (Å²) in [7, 11) is 0. The minimum absolute atomic E-state index is 0.293. The fourth-order valence-corrected chi connectivity index (χ4v) is 5.05. The van der Waals surface area contributed by atoms with E-state index < -0.39 is 17.1 Å². The fraction of sp³-hybridized carbons (Fsp3) is 0.138. The smallest absolute Gasteiger partial charge is 0.294 e. The zero-order valence-electron chi connectivity index (χ0n) is 20.2. The van der Waals surface area contributed by atoms with E-state index in [0.29, 0.717) is 29.5 Å². The van der Waals surface area contributed by atoms with Gasteiger partial charge in [0.25, 0.3) is 11.1 Å². The first-order chi connectivity index (χ1) is 18.0. The number of carbonyl (C=O) groups excluding carboxylic acids is 3. The highest BCUT2D eigenvalue weighted by Gasteiger charge is 2.36. The van der Waals surface area contributed by atoms with Gasteiger partial charge in [-0.05, 0) is 60.7 Å². The molecule has 0 unspecified atom stereocenters. The fourth-order valence-electron chi connectivity index (χ4n) is 4.22. The van der Waals surface area contributed by atoms with Crippen LogP contribution >= 0.6 is 11.8 Å². The van der Waals surface area contributed by atoms with E-state index in [9.17, 15) is 14.4 Å². The zero-order valence-corrected chi connectivity index (χ0v) is 21.0. The number of nitrogens with one attached hydrogen (secondary N) is 1. The summed E-state index contributed by atoms with van der Waals surface area (Å²) in [5, 5.41) is 3.24. The van der Waals surface area contributed by atoms with Gasteiger partial charge in [-0.1, -0.05) is 48.5 Å². The lowest BCUT2D eigenvalue weighted by atomic mass is 10.1. The minimum Gasteiger partial charge on any atom is -0.494 e. The monoisotopic (exact) mass is 511 g/mol. The highest BCUT2D eigenvalue weighted by atomic mass is 32.2. The molecule has 0 aliphatic carbocycles. The molecule has 0 bridgehead atoms. The molecule has 1 aliphatic rings. The molecular weight excluding hydrogens is 486 g/mol. The molecule has 5 rings (SSSR count). The SMILES string of the molecule is CCOc1ccc(NC(=O)CN2C(=O)S/C(=C/c3cn(Cc4ccccc4)c4ccccc34)C2=O)cc1. The summed E-state index contributed by atoms with van der Waals surface area (Å²) in [4.78, 5) is 39.5. The van der Waals surface area contributed by atoms with Crippen molar-refractivity contribution in [3.63, 3.8) is 0 Å². The quantitative estimate of drug-likeness (QED) is 0.304. The molecule has 1 saturated heterocycles. The van der Waals surface area contributed by atoms with Crippen LogP contribution in [0.15, 0.2) is 90.0 Å². The van der Waals surface area contributed by atoms with Crippen LogP contribution in [-0.2, 0) is 16.1 Å². The lowest BCUT2D eigenvalue weighted by Crippen LogP contribution is -2.36. The number of para-hydroxylation sites is 1. The Hall–Kier alpha value is -4.30. The van der Waals surface area contributed by atoms with Gasteiger partial charge in [-0.3, -0.25) is 19.3 Å². The predicted molar refractivity (Wildman–Crippen MR) is 146 cm³/mol. The molecule has 2 heterocycles. The molecule has 7 nitrogen and oxygen atoms in total. The Morgan fingerprint density at radius 3 is 2.46 bits per heavy atom. The zero-order chi connectivity index (χ0) is 25.8. The molecule has 4 aromatic rings. The van der Waals surface area contributed by atoms with Gasteiger partial charge in [-0.25, -0.2) is 0 Å². The number of hydrogen-bond donors (Lipinski definition) is 1. The first-order valence-electron chi connectivity index (χ1n) is 11.9. The normalized spacial score (nSPS) is 14.5. The number of fused-ring (bicyclic) bond motifs is 1. The van der Waals surface area contributed by atoms with Crippen LogP contribution in [0, 0.1) is 0 Å². The van der Waals surface area contributed by atoms with Crippen molar-refractivity contribution < 1.29 is 19.1 Å². The van der Waals surface area contributed by atoms with E-state index in [4.69, 9.17) is 4.74 Å². The Balaban J connectivity index is 1.32. The van der Waals surface area contributed by atoms with Gasteiger partial charge in [0.05, 0.1) is 11.5 Å². The van der Waals surface area contributed by atoms with Crippen LogP contribution in [0.5, 0.6) is 5.75 Å². The van der Waals surface area contributed by atoms with Crippen LogP contribution in [0.1, 0.15) is 18.1 Å². The second-order valence-electron chi connectivity index (χ2n) is 8.49. The third-order valence-electron chi connectivity index (χ3n) is 5.93. The molecule has 186 valence electrons. The number of thioether (sulfide) groups is 1. The van der Waals surface area contributed by atoms with E-state index in [-0.39, 0.29) is 6.54 Å². The van der Waals surface area contributed by atoms with Crippen molar-refractivity contribution in [2.45, 2.75) is 13.5 Å². The number of amides is 3. The lowest BCUT2D eigenvalue weighted by molar-refractivity contribution is -0.127. The summed E-state index contributed by atoms with van der Waals surface area (Å²) in [6, 6.07) is 25.0. The van der Waals surface area contributed by atoms with Gasteiger partial charge in [0.15, 0.2) is 0 Å². The summed E-state index contributed by atoms with van der Waals surface area (Å²) in [6.07, 6.45) is 3.73. The van der Waals surface area contributed by atoms with Gasteiger partial charge >= 0.3 is 0 Å². The van der Waals surface area contributed by atoms with Gasteiger partial charge in [0, 0.05) is 34.9 Å². The maximum absolute atomic E-state index is 13.1. The molecule has 3 aromatic carbocycles. The number of anilines is 1.